The van der Waals surface area contributed by atoms with Crippen LogP contribution in [0, 0.1) is 5.92 Å². The Kier molecular flexibility index (Phi) is 5.69. The van der Waals surface area contributed by atoms with Gasteiger partial charge in [0.25, 0.3) is 0 Å². The molecule has 0 saturated heterocycles. The van der Waals surface area contributed by atoms with Crippen LogP contribution in [0.25, 0.3) is 0 Å². The van der Waals surface area contributed by atoms with Crippen molar-refractivity contribution in [2.75, 3.05) is 12.3 Å². The number of amides is 1. The average molecular weight is 248 g/mol. The van der Waals surface area contributed by atoms with Crippen LogP contribution >= 0.6 is 0 Å². The molecule has 0 aliphatic rings. The highest BCUT2D eigenvalue weighted by molar-refractivity contribution is 5.76. The lowest BCUT2D eigenvalue weighted by Crippen LogP contribution is -2.32. The molecular formula is C15H24N2O. The third-order valence-corrected chi connectivity index (χ3v) is 2.75. The molecule has 0 fully saturated rings. The van der Waals surface area contributed by atoms with E-state index >= 15 is 0 Å². The molecule has 3 heteroatoms. The van der Waals surface area contributed by atoms with Crippen molar-refractivity contribution >= 4 is 11.6 Å². The van der Waals surface area contributed by atoms with Crippen LogP contribution in [0.5, 0.6) is 0 Å². The summed E-state index contributed by atoms with van der Waals surface area (Å²) in [6, 6.07) is 7.75. The Balaban J connectivity index is 2.70. The van der Waals surface area contributed by atoms with Crippen molar-refractivity contribution in [1.29, 1.82) is 0 Å². The fraction of sp³-hybridized carbons (Fsp3) is 0.533. The highest BCUT2D eigenvalue weighted by atomic mass is 16.2. The third kappa shape index (κ3) is 4.78. The molecule has 0 atom stereocenters. The van der Waals surface area contributed by atoms with Crippen molar-refractivity contribution in [1.82, 2.24) is 4.90 Å². The van der Waals surface area contributed by atoms with E-state index in [1.807, 2.05) is 29.2 Å². The van der Waals surface area contributed by atoms with Gasteiger partial charge in [0.15, 0.2) is 0 Å². The fourth-order valence-electron chi connectivity index (χ4n) is 1.95. The first-order valence-electron chi connectivity index (χ1n) is 6.65. The van der Waals surface area contributed by atoms with Crippen LogP contribution < -0.4 is 5.73 Å². The largest absolute Gasteiger partial charge is 0.399 e. The Bertz CT molecular complexity index is 388. The first-order valence-corrected chi connectivity index (χ1v) is 6.65. The lowest BCUT2D eigenvalue weighted by molar-refractivity contribution is -0.132. The van der Waals surface area contributed by atoms with Crippen molar-refractivity contribution in [3.63, 3.8) is 0 Å². The fourth-order valence-corrected chi connectivity index (χ4v) is 1.95. The van der Waals surface area contributed by atoms with E-state index in [0.717, 1.165) is 24.2 Å². The summed E-state index contributed by atoms with van der Waals surface area (Å²) in [7, 11) is 0. The van der Waals surface area contributed by atoms with E-state index in [2.05, 4.69) is 20.8 Å². The van der Waals surface area contributed by atoms with Crippen LogP contribution in [0.1, 0.15) is 39.2 Å². The zero-order valence-electron chi connectivity index (χ0n) is 11.6. The second-order valence-corrected chi connectivity index (χ2v) is 5.16. The zero-order valence-corrected chi connectivity index (χ0v) is 11.6. The molecule has 1 rings (SSSR count). The van der Waals surface area contributed by atoms with Gasteiger partial charge in [0.2, 0.25) is 5.91 Å². The van der Waals surface area contributed by atoms with Gasteiger partial charge in [-0.05, 0) is 30.0 Å². The SMILES string of the molecule is CCCN(Cc1cccc(N)c1)C(=O)CC(C)C. The summed E-state index contributed by atoms with van der Waals surface area (Å²) in [4.78, 5) is 14.1. The minimum absolute atomic E-state index is 0.231. The van der Waals surface area contributed by atoms with Crippen LogP contribution in [0.4, 0.5) is 5.69 Å². The summed E-state index contributed by atoms with van der Waals surface area (Å²) in [6.45, 7) is 7.70. The van der Waals surface area contributed by atoms with Crippen molar-refractivity contribution in [2.45, 2.75) is 40.2 Å². The quantitative estimate of drug-likeness (QED) is 0.786. The molecule has 18 heavy (non-hydrogen) atoms. The number of nitrogen functional groups attached to an aromatic ring is 1. The first-order chi connectivity index (χ1) is 8.52. The number of hydrogen-bond acceptors (Lipinski definition) is 2. The number of nitrogens with zero attached hydrogens (tertiary/aromatic N) is 1. The maximum Gasteiger partial charge on any atom is 0.223 e. The van der Waals surface area contributed by atoms with Crippen LogP contribution in [0.15, 0.2) is 24.3 Å². The van der Waals surface area contributed by atoms with E-state index in [-0.39, 0.29) is 5.91 Å². The van der Waals surface area contributed by atoms with E-state index < -0.39 is 0 Å². The summed E-state index contributed by atoms with van der Waals surface area (Å²) in [5.41, 5.74) is 7.61. The first kappa shape index (κ1) is 14.6. The third-order valence-electron chi connectivity index (χ3n) is 2.75. The number of anilines is 1. The second-order valence-electron chi connectivity index (χ2n) is 5.16. The van der Waals surface area contributed by atoms with Crippen LogP contribution in [-0.2, 0) is 11.3 Å². The van der Waals surface area contributed by atoms with E-state index in [9.17, 15) is 4.79 Å². The predicted molar refractivity (Wildman–Crippen MR) is 76.0 cm³/mol. The molecule has 0 bridgehead atoms. The normalized spacial score (nSPS) is 10.7. The van der Waals surface area contributed by atoms with Crippen LogP contribution in [-0.4, -0.2) is 17.4 Å². The Morgan fingerprint density at radius 2 is 2.11 bits per heavy atom. The topological polar surface area (TPSA) is 46.3 Å². The molecule has 2 N–H and O–H groups in total. The summed E-state index contributed by atoms with van der Waals surface area (Å²) in [6.07, 6.45) is 1.59. The highest BCUT2D eigenvalue weighted by Crippen LogP contribution is 2.12. The average Bonchev–Trinajstić information content (AvgIpc) is 2.27. The Morgan fingerprint density at radius 1 is 1.39 bits per heavy atom. The molecule has 3 nitrogen and oxygen atoms in total. The zero-order chi connectivity index (χ0) is 13.5. The van der Waals surface area contributed by atoms with Gasteiger partial charge in [0.1, 0.15) is 0 Å². The van der Waals surface area contributed by atoms with Gasteiger partial charge in [-0.25, -0.2) is 0 Å². The standard InChI is InChI=1S/C15H24N2O/c1-4-8-17(15(18)9-12(2)3)11-13-6-5-7-14(16)10-13/h5-7,10,12H,4,8-9,11,16H2,1-3H3. The molecule has 0 spiro atoms. The number of carbonyl (C=O) groups is 1. The Hall–Kier alpha value is -1.51. The minimum Gasteiger partial charge on any atom is -0.399 e. The molecule has 0 aliphatic heterocycles. The molecule has 0 aromatic heterocycles. The number of benzene rings is 1. The van der Waals surface area contributed by atoms with Gasteiger partial charge >= 0.3 is 0 Å². The molecule has 1 aromatic carbocycles. The Morgan fingerprint density at radius 3 is 2.67 bits per heavy atom. The van der Waals surface area contributed by atoms with Gasteiger partial charge < -0.3 is 10.6 Å². The lowest BCUT2D eigenvalue weighted by atomic mass is 10.1. The van der Waals surface area contributed by atoms with E-state index in [0.29, 0.717) is 18.9 Å². The lowest BCUT2D eigenvalue weighted by Gasteiger charge is -2.23. The van der Waals surface area contributed by atoms with E-state index in [1.165, 1.54) is 0 Å². The molecule has 0 aliphatic carbocycles. The highest BCUT2D eigenvalue weighted by Gasteiger charge is 2.14. The molecule has 100 valence electrons. The van der Waals surface area contributed by atoms with Gasteiger partial charge in [-0.1, -0.05) is 32.9 Å². The maximum atomic E-state index is 12.1. The number of hydrogen-bond donors (Lipinski definition) is 1. The van der Waals surface area contributed by atoms with Crippen molar-refractivity contribution in [2.24, 2.45) is 5.92 Å². The summed E-state index contributed by atoms with van der Waals surface area (Å²) in [5, 5.41) is 0. The van der Waals surface area contributed by atoms with Crippen molar-refractivity contribution in [3.05, 3.63) is 29.8 Å². The maximum absolute atomic E-state index is 12.1. The van der Waals surface area contributed by atoms with Crippen LogP contribution in [0.2, 0.25) is 0 Å². The summed E-state index contributed by atoms with van der Waals surface area (Å²) >= 11 is 0. The molecule has 0 radical (unpaired) electrons. The predicted octanol–water partition coefficient (Wildman–Crippen LogP) is 3.05. The van der Waals surface area contributed by atoms with Gasteiger partial charge in [0.05, 0.1) is 0 Å². The molecule has 0 saturated carbocycles. The Labute approximate surface area is 110 Å². The van der Waals surface area contributed by atoms with E-state index in [4.69, 9.17) is 5.73 Å². The smallest absolute Gasteiger partial charge is 0.223 e. The molecule has 0 heterocycles. The molecule has 1 amide bonds. The number of rotatable bonds is 6. The molecule has 1 aromatic rings. The summed E-state index contributed by atoms with van der Waals surface area (Å²) < 4.78 is 0. The van der Waals surface area contributed by atoms with Crippen molar-refractivity contribution < 1.29 is 4.79 Å². The van der Waals surface area contributed by atoms with Crippen LogP contribution in [0.3, 0.4) is 0 Å². The number of carbonyl (C=O) groups excluding carboxylic acids is 1. The summed E-state index contributed by atoms with van der Waals surface area (Å²) in [5.74, 6) is 0.631. The molecule has 0 unspecified atom stereocenters. The minimum atomic E-state index is 0.231. The van der Waals surface area contributed by atoms with Gasteiger partial charge in [-0.3, -0.25) is 4.79 Å². The van der Waals surface area contributed by atoms with Gasteiger partial charge in [0, 0.05) is 25.2 Å². The molecular weight excluding hydrogens is 224 g/mol. The van der Waals surface area contributed by atoms with Crippen molar-refractivity contribution in [3.8, 4) is 0 Å². The van der Waals surface area contributed by atoms with E-state index in [1.54, 1.807) is 0 Å². The number of nitrogens with two attached hydrogens (primary N) is 1. The monoisotopic (exact) mass is 248 g/mol. The van der Waals surface area contributed by atoms with Gasteiger partial charge in [-0.15, -0.1) is 0 Å². The second kappa shape index (κ2) is 7.04. The van der Waals surface area contributed by atoms with Gasteiger partial charge in [-0.2, -0.15) is 0 Å².